The van der Waals surface area contributed by atoms with Crippen molar-refractivity contribution in [1.29, 1.82) is 0 Å². The normalized spacial score (nSPS) is 15.7. The van der Waals surface area contributed by atoms with Gasteiger partial charge in [-0.25, -0.2) is 21.6 Å². The lowest BCUT2D eigenvalue weighted by atomic mass is 10.1. The molecule has 150 valence electrons. The fourth-order valence-corrected chi connectivity index (χ4v) is 4.85. The molecule has 5 nitrogen and oxygen atoms in total. The Morgan fingerprint density at radius 2 is 1.57 bits per heavy atom. The van der Waals surface area contributed by atoms with E-state index >= 15 is 0 Å². The van der Waals surface area contributed by atoms with E-state index in [4.69, 9.17) is 0 Å². The van der Waals surface area contributed by atoms with Crippen molar-refractivity contribution in [2.45, 2.75) is 18.7 Å². The topological polar surface area (TPSA) is 57.7 Å². The maximum absolute atomic E-state index is 13.9. The van der Waals surface area contributed by atoms with E-state index in [-0.39, 0.29) is 31.1 Å². The lowest BCUT2D eigenvalue weighted by Gasteiger charge is -2.34. The van der Waals surface area contributed by atoms with Crippen LogP contribution in [-0.2, 0) is 10.0 Å². The molecule has 1 aliphatic heterocycles. The highest BCUT2D eigenvalue weighted by Gasteiger charge is 2.32. The molecule has 1 aliphatic rings. The van der Waals surface area contributed by atoms with E-state index in [1.165, 1.54) is 9.21 Å². The Bertz CT molecular complexity index is 1030. The number of carbonyl (C=O) groups is 1. The Kier molecular flexibility index (Phi) is 5.49. The summed E-state index contributed by atoms with van der Waals surface area (Å²) in [6, 6.07) is 6.61. The molecule has 28 heavy (non-hydrogen) atoms. The molecule has 1 saturated heterocycles. The summed E-state index contributed by atoms with van der Waals surface area (Å²) in [7, 11) is -3.73. The van der Waals surface area contributed by atoms with Crippen molar-refractivity contribution >= 4 is 15.9 Å². The molecule has 1 amide bonds. The number of rotatable bonds is 3. The number of hydrogen-bond acceptors (Lipinski definition) is 3. The lowest BCUT2D eigenvalue weighted by Crippen LogP contribution is -2.50. The molecule has 2 aromatic carbocycles. The number of aryl methyl sites for hydroxylation is 2. The van der Waals surface area contributed by atoms with Gasteiger partial charge < -0.3 is 4.90 Å². The molecular weight excluding hydrogens is 393 g/mol. The monoisotopic (exact) mass is 412 g/mol. The summed E-state index contributed by atoms with van der Waals surface area (Å²) >= 11 is 0. The Balaban J connectivity index is 1.75. The third-order valence-corrected chi connectivity index (χ3v) is 6.80. The zero-order valence-electron chi connectivity index (χ0n) is 15.4. The molecule has 0 unspecified atom stereocenters. The number of nitrogens with zero attached hydrogens (tertiary/aromatic N) is 2. The Hall–Kier alpha value is -2.39. The number of sulfonamides is 1. The quantitative estimate of drug-likeness (QED) is 0.729. The summed E-state index contributed by atoms with van der Waals surface area (Å²) in [4.78, 5) is 13.9. The van der Waals surface area contributed by atoms with Crippen LogP contribution in [0.25, 0.3) is 0 Å². The van der Waals surface area contributed by atoms with Gasteiger partial charge in [-0.05, 0) is 37.6 Å². The number of benzene rings is 2. The van der Waals surface area contributed by atoms with E-state index in [1.54, 1.807) is 25.1 Å². The summed E-state index contributed by atoms with van der Waals surface area (Å²) in [5.41, 5.74) is 0.993. The Morgan fingerprint density at radius 3 is 2.18 bits per heavy atom. The van der Waals surface area contributed by atoms with Crippen LogP contribution in [0, 0.1) is 31.3 Å². The van der Waals surface area contributed by atoms with E-state index in [2.05, 4.69) is 0 Å². The zero-order chi connectivity index (χ0) is 20.6. The van der Waals surface area contributed by atoms with Gasteiger partial charge in [-0.3, -0.25) is 4.79 Å². The Labute approximate surface area is 161 Å². The average molecular weight is 412 g/mol. The van der Waals surface area contributed by atoms with Crippen molar-refractivity contribution in [3.05, 3.63) is 64.5 Å². The highest BCUT2D eigenvalue weighted by Crippen LogP contribution is 2.23. The minimum atomic E-state index is -3.73. The summed E-state index contributed by atoms with van der Waals surface area (Å²) in [5, 5.41) is 0. The standard InChI is InChI=1S/C19H19F3N2O3S/c1-12-3-6-16(13(2)11-12)28(26,27)24-9-7-23(8-10-24)19(25)14-4-5-15(20)18(22)17(14)21/h3-6,11H,7-10H2,1-2H3. The molecule has 0 saturated carbocycles. The van der Waals surface area contributed by atoms with E-state index < -0.39 is 38.9 Å². The first kappa shape index (κ1) is 20.3. The van der Waals surface area contributed by atoms with Gasteiger partial charge in [0.15, 0.2) is 17.5 Å². The average Bonchev–Trinajstić information content (AvgIpc) is 2.65. The van der Waals surface area contributed by atoms with Crippen molar-refractivity contribution in [1.82, 2.24) is 9.21 Å². The van der Waals surface area contributed by atoms with Gasteiger partial charge >= 0.3 is 0 Å². The lowest BCUT2D eigenvalue weighted by molar-refractivity contribution is 0.0691. The number of hydrogen-bond donors (Lipinski definition) is 0. The smallest absolute Gasteiger partial charge is 0.257 e. The number of carbonyl (C=O) groups excluding carboxylic acids is 1. The largest absolute Gasteiger partial charge is 0.336 e. The van der Waals surface area contributed by atoms with E-state index in [0.717, 1.165) is 11.6 Å². The molecule has 2 aromatic rings. The van der Waals surface area contributed by atoms with E-state index in [1.807, 2.05) is 6.92 Å². The molecule has 0 atom stereocenters. The fraction of sp³-hybridized carbons (Fsp3) is 0.316. The number of piperazine rings is 1. The van der Waals surface area contributed by atoms with Crippen molar-refractivity contribution in [3.63, 3.8) is 0 Å². The van der Waals surface area contributed by atoms with Gasteiger partial charge in [0.1, 0.15) is 0 Å². The maximum Gasteiger partial charge on any atom is 0.257 e. The first-order chi connectivity index (χ1) is 13.1. The van der Waals surface area contributed by atoms with Crippen LogP contribution < -0.4 is 0 Å². The summed E-state index contributed by atoms with van der Waals surface area (Å²) in [6.45, 7) is 3.65. The summed E-state index contributed by atoms with van der Waals surface area (Å²) < 4.78 is 67.3. The van der Waals surface area contributed by atoms with Gasteiger partial charge in [0, 0.05) is 26.2 Å². The van der Waals surface area contributed by atoms with Gasteiger partial charge in [0.25, 0.3) is 5.91 Å². The van der Waals surface area contributed by atoms with Crippen molar-refractivity contribution in [2.24, 2.45) is 0 Å². The molecule has 0 spiro atoms. The second-order valence-electron chi connectivity index (χ2n) is 6.69. The molecule has 0 N–H and O–H groups in total. The third-order valence-electron chi connectivity index (χ3n) is 4.74. The highest BCUT2D eigenvalue weighted by molar-refractivity contribution is 7.89. The summed E-state index contributed by atoms with van der Waals surface area (Å²) in [6.07, 6.45) is 0. The van der Waals surface area contributed by atoms with E-state index in [9.17, 15) is 26.4 Å². The minimum absolute atomic E-state index is 0.0153. The zero-order valence-corrected chi connectivity index (χ0v) is 16.2. The highest BCUT2D eigenvalue weighted by atomic mass is 32.2. The first-order valence-corrected chi connectivity index (χ1v) is 10.1. The maximum atomic E-state index is 13.9. The van der Waals surface area contributed by atoms with Crippen LogP contribution in [-0.4, -0.2) is 49.7 Å². The van der Waals surface area contributed by atoms with Crippen LogP contribution in [0.4, 0.5) is 13.2 Å². The fourth-order valence-electron chi connectivity index (χ4n) is 3.22. The van der Waals surface area contributed by atoms with Crippen LogP contribution in [0.15, 0.2) is 35.2 Å². The molecule has 1 fully saturated rings. The molecular formula is C19H19F3N2O3S. The molecule has 3 rings (SSSR count). The van der Waals surface area contributed by atoms with Crippen LogP contribution >= 0.6 is 0 Å². The van der Waals surface area contributed by atoms with Gasteiger partial charge in [-0.15, -0.1) is 0 Å². The third kappa shape index (κ3) is 3.64. The van der Waals surface area contributed by atoms with Crippen LogP contribution in [0.5, 0.6) is 0 Å². The van der Waals surface area contributed by atoms with Gasteiger partial charge in [-0.2, -0.15) is 4.31 Å². The predicted octanol–water partition coefficient (Wildman–Crippen LogP) is 2.87. The van der Waals surface area contributed by atoms with Crippen LogP contribution in [0.1, 0.15) is 21.5 Å². The second kappa shape index (κ2) is 7.56. The number of halogens is 3. The van der Waals surface area contributed by atoms with E-state index in [0.29, 0.717) is 11.6 Å². The van der Waals surface area contributed by atoms with Crippen molar-refractivity contribution in [2.75, 3.05) is 26.2 Å². The van der Waals surface area contributed by atoms with Crippen LogP contribution in [0.3, 0.4) is 0 Å². The molecule has 9 heteroatoms. The van der Waals surface area contributed by atoms with Gasteiger partial charge in [0.05, 0.1) is 10.5 Å². The molecule has 0 aromatic heterocycles. The van der Waals surface area contributed by atoms with Crippen molar-refractivity contribution < 1.29 is 26.4 Å². The minimum Gasteiger partial charge on any atom is -0.336 e. The molecule has 1 heterocycles. The van der Waals surface area contributed by atoms with Crippen molar-refractivity contribution in [3.8, 4) is 0 Å². The van der Waals surface area contributed by atoms with Crippen LogP contribution in [0.2, 0.25) is 0 Å². The molecule has 0 aliphatic carbocycles. The SMILES string of the molecule is Cc1ccc(S(=O)(=O)N2CCN(C(=O)c3ccc(F)c(F)c3F)CC2)c(C)c1. The molecule has 0 bridgehead atoms. The number of amides is 1. The Morgan fingerprint density at radius 1 is 0.929 bits per heavy atom. The van der Waals surface area contributed by atoms with Gasteiger partial charge in [-0.1, -0.05) is 17.7 Å². The second-order valence-corrected chi connectivity index (χ2v) is 8.59. The summed E-state index contributed by atoms with van der Waals surface area (Å²) in [5.74, 6) is -5.43. The first-order valence-electron chi connectivity index (χ1n) is 8.63. The van der Waals surface area contributed by atoms with Gasteiger partial charge in [0.2, 0.25) is 10.0 Å². The predicted molar refractivity (Wildman–Crippen MR) is 96.9 cm³/mol. The molecule has 0 radical (unpaired) electrons.